The third kappa shape index (κ3) is 4.53. The fourth-order valence-electron chi connectivity index (χ4n) is 3.28. The minimum Gasteiger partial charge on any atom is -0.454 e. The molecule has 3 rings (SSSR count). The lowest BCUT2D eigenvalue weighted by Gasteiger charge is -2.36. The lowest BCUT2D eigenvalue weighted by molar-refractivity contribution is -0.121. The molecule has 2 heterocycles. The van der Waals surface area contributed by atoms with Crippen LogP contribution in [0.2, 0.25) is 0 Å². The van der Waals surface area contributed by atoms with Crippen LogP contribution in [0.5, 0.6) is 11.5 Å². The number of para-hydroxylation sites is 1. The van der Waals surface area contributed by atoms with Crippen LogP contribution in [0.15, 0.2) is 18.2 Å². The van der Waals surface area contributed by atoms with Gasteiger partial charge >= 0.3 is 0 Å². The number of likely N-dealkylation sites (tertiary alicyclic amines) is 1. The highest BCUT2D eigenvalue weighted by molar-refractivity contribution is 5.85. The highest BCUT2D eigenvalue weighted by Gasteiger charge is 2.25. The summed E-state index contributed by atoms with van der Waals surface area (Å²) in [6.45, 7) is 3.25. The van der Waals surface area contributed by atoms with Gasteiger partial charge in [-0.1, -0.05) is 18.6 Å². The number of nitrogens with zero attached hydrogens (tertiary/aromatic N) is 1. The molecule has 1 unspecified atom stereocenters. The molecule has 1 aromatic carbocycles. The van der Waals surface area contributed by atoms with Crippen molar-refractivity contribution in [2.45, 2.75) is 38.3 Å². The van der Waals surface area contributed by atoms with Crippen LogP contribution in [0.3, 0.4) is 0 Å². The Hall–Kier alpha value is -1.50. The Balaban J connectivity index is 0.00000208. The quantitative estimate of drug-likeness (QED) is 0.811. The van der Waals surface area contributed by atoms with Gasteiger partial charge in [0.15, 0.2) is 11.5 Å². The van der Waals surface area contributed by atoms with Gasteiger partial charge in [-0.15, -0.1) is 12.4 Å². The molecule has 1 aromatic rings. The third-order valence-electron chi connectivity index (χ3n) is 4.51. The Labute approximate surface area is 149 Å². The molecule has 6 nitrogen and oxygen atoms in total. The van der Waals surface area contributed by atoms with Crippen molar-refractivity contribution in [2.75, 3.05) is 26.4 Å². The molecule has 2 aliphatic heterocycles. The number of benzene rings is 1. The summed E-state index contributed by atoms with van der Waals surface area (Å²) in [5.41, 5.74) is 6.58. The first-order valence-corrected chi connectivity index (χ1v) is 8.36. The monoisotopic (exact) mass is 355 g/mol. The number of piperidine rings is 1. The highest BCUT2D eigenvalue weighted by atomic mass is 35.5. The molecule has 0 aliphatic carbocycles. The van der Waals surface area contributed by atoms with Gasteiger partial charge in [-0.05, 0) is 25.5 Å². The summed E-state index contributed by atoms with van der Waals surface area (Å²) in [5.74, 6) is 1.73. The first-order chi connectivity index (χ1) is 11.3. The maximum Gasteiger partial charge on any atom is 0.231 e. The van der Waals surface area contributed by atoms with Gasteiger partial charge in [-0.25, -0.2) is 0 Å². The molecular formula is C17H26ClN3O3. The second kappa shape index (κ2) is 9.11. The molecule has 24 heavy (non-hydrogen) atoms. The molecule has 0 saturated carbocycles. The summed E-state index contributed by atoms with van der Waals surface area (Å²) in [6.07, 6.45) is 3.90. The molecule has 1 saturated heterocycles. The Morgan fingerprint density at radius 3 is 3.04 bits per heavy atom. The first kappa shape index (κ1) is 18.8. The standard InChI is InChI=1S/C17H25N3O3.ClH/c18-8-7-16(21)19-10-14-5-1-2-9-20(14)11-13-4-3-6-15-17(13)23-12-22-15;/h3-4,6,14H,1-2,5,7-12,18H2,(H,19,21);1H. The number of nitrogens with two attached hydrogens (primary N) is 1. The van der Waals surface area contributed by atoms with Crippen LogP contribution < -0.4 is 20.5 Å². The number of carbonyl (C=O) groups excluding carboxylic acids is 1. The molecule has 1 amide bonds. The Bertz CT molecular complexity index is 556. The van der Waals surface area contributed by atoms with Crippen LogP contribution in [-0.4, -0.2) is 43.3 Å². The van der Waals surface area contributed by atoms with Gasteiger partial charge in [-0.3, -0.25) is 9.69 Å². The zero-order valence-corrected chi connectivity index (χ0v) is 14.6. The lowest BCUT2D eigenvalue weighted by atomic mass is 10.0. The SMILES string of the molecule is Cl.NCCC(=O)NCC1CCCCN1Cc1cccc2c1OCO2. The van der Waals surface area contributed by atoms with Crippen LogP contribution in [-0.2, 0) is 11.3 Å². The molecule has 2 aliphatic rings. The second-order valence-electron chi connectivity index (χ2n) is 6.11. The fraction of sp³-hybridized carbons (Fsp3) is 0.588. The summed E-state index contributed by atoms with van der Waals surface area (Å²) in [6, 6.07) is 6.40. The molecule has 0 bridgehead atoms. The van der Waals surface area contributed by atoms with Gasteiger partial charge in [0.1, 0.15) is 0 Å². The van der Waals surface area contributed by atoms with E-state index >= 15 is 0 Å². The van der Waals surface area contributed by atoms with E-state index in [1.54, 1.807) is 0 Å². The van der Waals surface area contributed by atoms with Crippen LogP contribution in [0.25, 0.3) is 0 Å². The predicted octanol–water partition coefficient (Wildman–Crippen LogP) is 1.66. The van der Waals surface area contributed by atoms with E-state index in [4.69, 9.17) is 15.2 Å². The van der Waals surface area contributed by atoms with Gasteiger partial charge < -0.3 is 20.5 Å². The molecule has 0 radical (unpaired) electrons. The molecule has 3 N–H and O–H groups in total. The van der Waals surface area contributed by atoms with Crippen molar-refractivity contribution in [1.82, 2.24) is 10.2 Å². The maximum atomic E-state index is 11.7. The van der Waals surface area contributed by atoms with Crippen molar-refractivity contribution in [3.63, 3.8) is 0 Å². The van der Waals surface area contributed by atoms with Crippen LogP contribution in [0.1, 0.15) is 31.2 Å². The smallest absolute Gasteiger partial charge is 0.231 e. The fourth-order valence-corrected chi connectivity index (χ4v) is 3.28. The number of hydrogen-bond acceptors (Lipinski definition) is 5. The number of amides is 1. The average molecular weight is 356 g/mol. The van der Waals surface area contributed by atoms with Crippen molar-refractivity contribution in [3.05, 3.63) is 23.8 Å². The van der Waals surface area contributed by atoms with Gasteiger partial charge in [0.05, 0.1) is 0 Å². The minimum absolute atomic E-state index is 0. The normalized spacial score (nSPS) is 19.6. The number of ether oxygens (including phenoxy) is 2. The second-order valence-corrected chi connectivity index (χ2v) is 6.11. The molecule has 1 fully saturated rings. The summed E-state index contributed by atoms with van der Waals surface area (Å²) >= 11 is 0. The summed E-state index contributed by atoms with van der Waals surface area (Å²) in [4.78, 5) is 14.1. The molecule has 134 valence electrons. The first-order valence-electron chi connectivity index (χ1n) is 8.36. The third-order valence-corrected chi connectivity index (χ3v) is 4.51. The number of hydrogen-bond donors (Lipinski definition) is 2. The summed E-state index contributed by atoms with van der Waals surface area (Å²) in [7, 11) is 0. The molecule has 0 aromatic heterocycles. The van der Waals surface area contributed by atoms with Crippen LogP contribution in [0, 0.1) is 0 Å². The Morgan fingerprint density at radius 2 is 2.21 bits per heavy atom. The van der Waals surface area contributed by atoms with E-state index in [-0.39, 0.29) is 18.3 Å². The molecule has 7 heteroatoms. The van der Waals surface area contributed by atoms with E-state index in [1.807, 2.05) is 12.1 Å². The van der Waals surface area contributed by atoms with Crippen LogP contribution in [0.4, 0.5) is 0 Å². The molecular weight excluding hydrogens is 330 g/mol. The van der Waals surface area contributed by atoms with E-state index in [2.05, 4.69) is 16.3 Å². The zero-order chi connectivity index (χ0) is 16.1. The van der Waals surface area contributed by atoms with E-state index in [1.165, 1.54) is 12.8 Å². The van der Waals surface area contributed by atoms with Gasteiger partial charge in [0.2, 0.25) is 12.7 Å². The number of carbonyl (C=O) groups is 1. The summed E-state index contributed by atoms with van der Waals surface area (Å²) < 4.78 is 11.1. The van der Waals surface area contributed by atoms with Crippen molar-refractivity contribution in [2.24, 2.45) is 5.73 Å². The predicted molar refractivity (Wildman–Crippen MR) is 94.5 cm³/mol. The lowest BCUT2D eigenvalue weighted by Crippen LogP contribution is -2.46. The highest BCUT2D eigenvalue weighted by Crippen LogP contribution is 2.36. The topological polar surface area (TPSA) is 76.8 Å². The summed E-state index contributed by atoms with van der Waals surface area (Å²) in [5, 5.41) is 3.00. The van der Waals surface area contributed by atoms with Crippen LogP contribution >= 0.6 is 12.4 Å². The number of rotatable bonds is 6. The average Bonchev–Trinajstić information content (AvgIpc) is 3.04. The Morgan fingerprint density at radius 1 is 1.33 bits per heavy atom. The van der Waals surface area contributed by atoms with Gasteiger partial charge in [-0.2, -0.15) is 0 Å². The number of nitrogens with one attached hydrogen (secondary N) is 1. The van der Waals surface area contributed by atoms with E-state index in [9.17, 15) is 4.79 Å². The van der Waals surface area contributed by atoms with Crippen molar-refractivity contribution in [3.8, 4) is 11.5 Å². The van der Waals surface area contributed by atoms with E-state index in [0.717, 1.165) is 36.6 Å². The maximum absolute atomic E-state index is 11.7. The van der Waals surface area contributed by atoms with Crippen molar-refractivity contribution >= 4 is 18.3 Å². The molecule has 0 spiro atoms. The van der Waals surface area contributed by atoms with Gasteiger partial charge in [0.25, 0.3) is 0 Å². The van der Waals surface area contributed by atoms with Crippen molar-refractivity contribution in [1.29, 1.82) is 0 Å². The molecule has 1 atom stereocenters. The van der Waals surface area contributed by atoms with E-state index < -0.39 is 0 Å². The number of halogens is 1. The largest absolute Gasteiger partial charge is 0.454 e. The van der Waals surface area contributed by atoms with E-state index in [0.29, 0.717) is 32.3 Å². The minimum atomic E-state index is 0. The van der Waals surface area contributed by atoms with Gasteiger partial charge in [0, 0.05) is 37.7 Å². The Kier molecular flexibility index (Phi) is 7.15. The number of fused-ring (bicyclic) bond motifs is 1. The zero-order valence-electron chi connectivity index (χ0n) is 13.8. The van der Waals surface area contributed by atoms with Crippen molar-refractivity contribution < 1.29 is 14.3 Å².